The Kier molecular flexibility index (Phi) is 24.2. The minimum atomic E-state index is -6.13. The maximum Gasteiger partial charge on any atom is 0.416 e. The van der Waals surface area contributed by atoms with Crippen LogP contribution in [0.1, 0.15) is 154 Å². The molecule has 0 atom stereocenters. The van der Waals surface area contributed by atoms with E-state index >= 15 is 0 Å². The second-order valence-corrected chi connectivity index (χ2v) is 21.5. The Hall–Kier alpha value is -6.52. The molecule has 5 aromatic carbocycles. The highest BCUT2D eigenvalue weighted by Gasteiger charge is 2.47. The number of aromatic nitrogens is 1. The monoisotopic (exact) mass is 1330 g/mol. The molecular formula is C60H55BF27NO. The number of alkyl halides is 27. The fourth-order valence-corrected chi connectivity index (χ4v) is 10.3. The van der Waals surface area contributed by atoms with Gasteiger partial charge in [-0.25, -0.2) is 0 Å². The highest BCUT2D eigenvalue weighted by atomic mass is 19.4. The van der Waals surface area contributed by atoms with Crippen LogP contribution in [0.15, 0.2) is 116 Å². The fraction of sp³-hybridized carbons (Fsp3) is 0.450. The zero-order valence-corrected chi connectivity index (χ0v) is 46.8. The van der Waals surface area contributed by atoms with Gasteiger partial charge in [0.15, 0.2) is 6.61 Å². The maximum absolute atomic E-state index is 14.2. The van der Waals surface area contributed by atoms with Gasteiger partial charge in [-0.3, -0.25) is 4.84 Å². The lowest BCUT2D eigenvalue weighted by Crippen LogP contribution is -2.75. The Labute approximate surface area is 497 Å². The van der Waals surface area contributed by atoms with Crippen molar-refractivity contribution in [2.75, 3.05) is 6.61 Å². The summed E-state index contributed by atoms with van der Waals surface area (Å²) in [6.45, 7) is 0.760. The van der Waals surface area contributed by atoms with Crippen LogP contribution in [0, 0.1) is 0 Å². The van der Waals surface area contributed by atoms with Crippen molar-refractivity contribution in [2.45, 2.75) is 165 Å². The lowest BCUT2D eigenvalue weighted by molar-refractivity contribution is -0.890. The molecular weight excluding hydrogens is 1270 g/mol. The molecule has 6 aromatic rings. The first-order valence-corrected chi connectivity index (χ1v) is 27.8. The fourth-order valence-electron chi connectivity index (χ4n) is 10.3. The number of hydrogen-bond donors (Lipinski definition) is 0. The lowest BCUT2D eigenvalue weighted by atomic mass is 9.12. The van der Waals surface area contributed by atoms with Gasteiger partial charge in [-0.1, -0.05) is 150 Å². The number of unbranched alkanes of at least 4 members (excludes halogenated alkanes) is 15. The summed E-state index contributed by atoms with van der Waals surface area (Å²) < 4.78 is 379. The van der Waals surface area contributed by atoms with Gasteiger partial charge in [-0.2, -0.15) is 140 Å². The van der Waals surface area contributed by atoms with Gasteiger partial charge in [0.05, 0.1) is 49.9 Å². The van der Waals surface area contributed by atoms with Crippen LogP contribution in [0.5, 0.6) is 0 Å². The highest BCUT2D eigenvalue weighted by molar-refractivity contribution is 7.20. The van der Waals surface area contributed by atoms with E-state index in [0.29, 0.717) is 6.42 Å². The summed E-state index contributed by atoms with van der Waals surface area (Å²) in [6, 6.07) is 1.58. The summed E-state index contributed by atoms with van der Waals surface area (Å²) in [5.41, 5.74) is -30.2. The molecule has 90 heavy (non-hydrogen) atoms. The van der Waals surface area contributed by atoms with Crippen LogP contribution in [-0.4, -0.2) is 18.9 Å². The molecule has 0 fully saturated rings. The van der Waals surface area contributed by atoms with Gasteiger partial charge in [-0.15, -0.1) is 0 Å². The Morgan fingerprint density at radius 2 is 0.511 bits per heavy atom. The molecule has 0 amide bonds. The van der Waals surface area contributed by atoms with Gasteiger partial charge in [0.25, 0.3) is 0 Å². The van der Waals surface area contributed by atoms with Crippen LogP contribution < -0.4 is 31.4 Å². The van der Waals surface area contributed by atoms with Crippen molar-refractivity contribution in [2.24, 2.45) is 0 Å². The van der Waals surface area contributed by atoms with Gasteiger partial charge in [-0.05, 0) is 55.0 Å². The van der Waals surface area contributed by atoms with E-state index in [1.54, 1.807) is 0 Å². The molecule has 6 rings (SSSR count). The summed E-state index contributed by atoms with van der Waals surface area (Å²) in [7, 11) is 0. The van der Waals surface area contributed by atoms with Gasteiger partial charge >= 0.3 is 55.6 Å². The molecule has 0 saturated carbocycles. The minimum absolute atomic E-state index is 0.293. The Morgan fingerprint density at radius 3 is 0.756 bits per heavy atom. The SMILES string of the molecule is FC(F)(F)CCCCCCCCCCCCCCCCCCO[n+]1ccc2ccccc2c1.FC(F)(F)c1cc([B-](c2cc(C(F)(F)F)cc(C(F)(F)F)c2)(c2cc(C(F)(F)F)cc(C(F)(F)F)c2)c2cc(C(F)(F)F)cc(C(F)(F)F)c2)cc(C(F)(F)F)c1. The van der Waals surface area contributed by atoms with Gasteiger partial charge < -0.3 is 0 Å². The molecule has 0 N–H and O–H groups in total. The van der Waals surface area contributed by atoms with Gasteiger partial charge in [0, 0.05) is 17.2 Å². The van der Waals surface area contributed by atoms with Crippen molar-refractivity contribution < 1.29 is 128 Å². The molecule has 2 nitrogen and oxygen atoms in total. The highest BCUT2D eigenvalue weighted by Crippen LogP contribution is 2.42. The third-order valence-electron chi connectivity index (χ3n) is 14.7. The summed E-state index contributed by atoms with van der Waals surface area (Å²) in [5, 5.41) is 2.42. The van der Waals surface area contributed by atoms with Crippen molar-refractivity contribution in [3.63, 3.8) is 0 Å². The van der Waals surface area contributed by atoms with Crippen molar-refractivity contribution >= 4 is 38.8 Å². The standard InChI is InChI=1S/C32H12BF24.C28H43F3NO/c34-25(35,36)13-1-14(26(37,38)39)6-21(5-13)33(22-7-15(27(40,41)42)2-16(8-22)28(43,44)45,23-9-17(29(46,47)48)3-18(10-23)30(49,50)51)24-11-19(31(52,53)54)4-20(12-24)32(55,56)57;29-28(30,31)22-17-13-11-9-7-5-3-1-2-4-6-8-10-12-14-18-24-33-32-23-21-26-19-15-16-20-27(26)25-32/h1-12H;15-16,19-21,23,25H,1-14,17-18,22,24H2/q-1;+1. The van der Waals surface area contributed by atoms with E-state index in [2.05, 4.69) is 24.3 Å². The number of fused-ring (bicyclic) bond motifs is 1. The minimum Gasteiger partial charge on any atom is -0.271 e. The van der Waals surface area contributed by atoms with E-state index in [1.165, 1.54) is 81.4 Å². The number of nitrogens with zero attached hydrogens (tertiary/aromatic N) is 1. The van der Waals surface area contributed by atoms with Crippen molar-refractivity contribution in [3.8, 4) is 0 Å². The number of pyridine rings is 1. The average Bonchev–Trinajstić information content (AvgIpc) is 0.711. The Balaban J connectivity index is 0.000000378. The van der Waals surface area contributed by atoms with E-state index in [9.17, 15) is 119 Å². The Morgan fingerprint density at radius 1 is 0.278 bits per heavy atom. The molecule has 0 saturated heterocycles. The van der Waals surface area contributed by atoms with E-state index in [-0.39, 0.29) is 0 Å². The largest absolute Gasteiger partial charge is 0.416 e. The second kappa shape index (κ2) is 29.4. The number of hydrogen-bond acceptors (Lipinski definition) is 1. The molecule has 1 aromatic heterocycles. The first-order chi connectivity index (χ1) is 41.3. The summed E-state index contributed by atoms with van der Waals surface area (Å²) in [4.78, 5) is 5.83. The van der Waals surface area contributed by atoms with E-state index in [0.717, 1.165) is 32.3 Å². The van der Waals surface area contributed by atoms with Crippen molar-refractivity contribution in [3.05, 3.63) is 160 Å². The first kappa shape index (κ1) is 74.2. The van der Waals surface area contributed by atoms with E-state index in [4.69, 9.17) is 4.84 Å². The predicted molar refractivity (Wildman–Crippen MR) is 280 cm³/mol. The third kappa shape index (κ3) is 21.6. The number of rotatable bonds is 23. The van der Waals surface area contributed by atoms with Crippen LogP contribution in [0.4, 0.5) is 119 Å². The number of benzene rings is 5. The van der Waals surface area contributed by atoms with Crippen LogP contribution in [0.2, 0.25) is 0 Å². The quantitative estimate of drug-likeness (QED) is 0.0270. The van der Waals surface area contributed by atoms with Crippen molar-refractivity contribution in [1.29, 1.82) is 0 Å². The zero-order chi connectivity index (χ0) is 67.5. The molecule has 0 aliphatic rings. The zero-order valence-electron chi connectivity index (χ0n) is 46.8. The Bertz CT molecular complexity index is 2830. The topological polar surface area (TPSA) is 13.1 Å². The molecule has 0 unspecified atom stereocenters. The first-order valence-electron chi connectivity index (χ1n) is 27.8. The second-order valence-electron chi connectivity index (χ2n) is 21.5. The van der Waals surface area contributed by atoms with Crippen molar-refractivity contribution in [1.82, 2.24) is 0 Å². The molecule has 0 spiro atoms. The van der Waals surface area contributed by atoms with Crippen LogP contribution in [-0.2, 0) is 49.4 Å². The molecule has 30 heteroatoms. The molecule has 0 radical (unpaired) electrons. The molecule has 0 bridgehead atoms. The van der Waals surface area contributed by atoms with E-state index in [1.807, 2.05) is 23.2 Å². The summed E-state index contributed by atoms with van der Waals surface area (Å²) >= 11 is 0. The smallest absolute Gasteiger partial charge is 0.271 e. The normalized spacial score (nSPS) is 13.4. The predicted octanol–water partition coefficient (Wildman–Crippen LogP) is 20.0. The number of halogens is 27. The molecule has 1 heterocycles. The lowest BCUT2D eigenvalue weighted by Gasteiger charge is -2.46. The average molecular weight is 1330 g/mol. The van der Waals surface area contributed by atoms with Crippen LogP contribution >= 0.6 is 0 Å². The van der Waals surface area contributed by atoms with Crippen LogP contribution in [0.25, 0.3) is 10.8 Å². The summed E-state index contributed by atoms with van der Waals surface area (Å²) in [5.74, 6) is 0. The molecule has 0 aliphatic heterocycles. The maximum atomic E-state index is 14.2. The van der Waals surface area contributed by atoms with Gasteiger partial charge in [0.2, 0.25) is 12.4 Å². The third-order valence-corrected chi connectivity index (χ3v) is 14.7. The molecule has 498 valence electrons. The summed E-state index contributed by atoms with van der Waals surface area (Å²) in [6.07, 6.45) is -37.1. The molecule has 0 aliphatic carbocycles. The van der Waals surface area contributed by atoms with Gasteiger partial charge in [0.1, 0.15) is 6.15 Å². The van der Waals surface area contributed by atoms with Crippen LogP contribution in [0.3, 0.4) is 0 Å². The van der Waals surface area contributed by atoms with E-state index < -0.39 is 207 Å².